The second-order valence-corrected chi connectivity index (χ2v) is 7.93. The van der Waals surface area contributed by atoms with Crippen molar-refractivity contribution in [2.24, 2.45) is 5.92 Å². The van der Waals surface area contributed by atoms with E-state index < -0.39 is 10.0 Å². The number of hydrogen-bond donors (Lipinski definition) is 1. The first-order chi connectivity index (χ1) is 10.4. The van der Waals surface area contributed by atoms with Crippen LogP contribution in [0.4, 0.5) is 0 Å². The van der Waals surface area contributed by atoms with Crippen LogP contribution in [0.25, 0.3) is 0 Å². The van der Waals surface area contributed by atoms with Gasteiger partial charge in [0.2, 0.25) is 15.9 Å². The third-order valence-electron chi connectivity index (χ3n) is 4.17. The average molecular weight is 325 g/mol. The van der Waals surface area contributed by atoms with Crippen LogP contribution >= 0.6 is 0 Å². The first kappa shape index (κ1) is 16.9. The Kier molecular flexibility index (Phi) is 5.52. The molecular weight excluding hydrogens is 302 g/mol. The van der Waals surface area contributed by atoms with Crippen molar-refractivity contribution >= 4 is 15.9 Å². The quantitative estimate of drug-likeness (QED) is 0.887. The third-order valence-corrected chi connectivity index (χ3v) is 5.95. The van der Waals surface area contributed by atoms with E-state index in [-0.39, 0.29) is 23.4 Å². The van der Waals surface area contributed by atoms with Gasteiger partial charge in [0.15, 0.2) is 0 Å². The highest BCUT2D eigenvalue weighted by Crippen LogP contribution is 2.23. The van der Waals surface area contributed by atoms with Gasteiger partial charge in [-0.3, -0.25) is 9.78 Å². The van der Waals surface area contributed by atoms with Crippen molar-refractivity contribution < 1.29 is 13.2 Å². The predicted molar refractivity (Wildman–Crippen MR) is 83.6 cm³/mol. The number of rotatable bonds is 5. The van der Waals surface area contributed by atoms with Crippen LogP contribution in [0.1, 0.15) is 32.6 Å². The number of nitrogens with zero attached hydrogens (tertiary/aromatic N) is 2. The zero-order chi connectivity index (χ0) is 16.2. The van der Waals surface area contributed by atoms with E-state index in [9.17, 15) is 13.2 Å². The number of pyridine rings is 1. The van der Waals surface area contributed by atoms with Gasteiger partial charge in [0.1, 0.15) is 4.90 Å². The molecule has 1 heterocycles. The Labute approximate surface area is 132 Å². The number of carbonyl (C=O) groups excluding carboxylic acids is 1. The van der Waals surface area contributed by atoms with Gasteiger partial charge >= 0.3 is 0 Å². The number of hydrogen-bond acceptors (Lipinski definition) is 4. The molecule has 1 aliphatic rings. The van der Waals surface area contributed by atoms with Gasteiger partial charge in [-0.2, -0.15) is 4.31 Å². The SMILES string of the molecule is C[C@@H]1CCCC[C@H]1NC(=O)CN(C)S(=O)(=O)c1cccnc1. The smallest absolute Gasteiger partial charge is 0.244 e. The highest BCUT2D eigenvalue weighted by atomic mass is 32.2. The summed E-state index contributed by atoms with van der Waals surface area (Å²) in [5.74, 6) is 0.187. The molecule has 0 unspecified atom stereocenters. The Morgan fingerprint density at radius 3 is 2.77 bits per heavy atom. The largest absolute Gasteiger partial charge is 0.352 e. The summed E-state index contributed by atoms with van der Waals surface area (Å²) < 4.78 is 25.7. The van der Waals surface area contributed by atoms with Gasteiger partial charge in [0.05, 0.1) is 6.54 Å². The van der Waals surface area contributed by atoms with E-state index in [1.54, 1.807) is 6.07 Å². The zero-order valence-corrected chi connectivity index (χ0v) is 13.8. The van der Waals surface area contributed by atoms with E-state index in [1.165, 1.54) is 31.9 Å². The Balaban J connectivity index is 1.96. The normalized spacial score (nSPS) is 22.5. The van der Waals surface area contributed by atoms with Crippen molar-refractivity contribution in [3.63, 3.8) is 0 Å². The van der Waals surface area contributed by atoms with Crippen LogP contribution in [-0.4, -0.2) is 43.2 Å². The molecule has 0 bridgehead atoms. The van der Waals surface area contributed by atoms with Crippen molar-refractivity contribution in [3.8, 4) is 0 Å². The fraction of sp³-hybridized carbons (Fsp3) is 0.600. The fourth-order valence-corrected chi connectivity index (χ4v) is 3.84. The van der Waals surface area contributed by atoms with Crippen LogP contribution < -0.4 is 5.32 Å². The first-order valence-corrected chi connectivity index (χ1v) is 9.01. The van der Waals surface area contributed by atoms with Gasteiger partial charge in [-0.1, -0.05) is 19.8 Å². The first-order valence-electron chi connectivity index (χ1n) is 7.57. The molecule has 2 atom stereocenters. The Hall–Kier alpha value is -1.47. The van der Waals surface area contributed by atoms with Crippen LogP contribution in [0.2, 0.25) is 0 Å². The summed E-state index contributed by atoms with van der Waals surface area (Å²) >= 11 is 0. The molecule has 0 spiro atoms. The van der Waals surface area contributed by atoms with Crippen molar-refractivity contribution in [3.05, 3.63) is 24.5 Å². The minimum atomic E-state index is -3.68. The fourth-order valence-electron chi connectivity index (χ4n) is 2.75. The number of aromatic nitrogens is 1. The number of likely N-dealkylation sites (N-methyl/N-ethyl adjacent to an activating group) is 1. The van der Waals surface area contributed by atoms with Crippen molar-refractivity contribution in [2.45, 2.75) is 43.5 Å². The molecule has 1 N–H and O–H groups in total. The van der Waals surface area contributed by atoms with Gasteiger partial charge < -0.3 is 5.32 Å². The standard InChI is InChI=1S/C15H23N3O3S/c1-12-6-3-4-8-14(12)17-15(19)11-18(2)22(20,21)13-7-5-9-16-10-13/h5,7,9-10,12,14H,3-4,6,8,11H2,1-2H3,(H,17,19)/t12-,14-/m1/s1. The minimum absolute atomic E-state index is 0.0938. The molecule has 7 heteroatoms. The molecule has 1 fully saturated rings. The second kappa shape index (κ2) is 7.19. The lowest BCUT2D eigenvalue weighted by Gasteiger charge is -2.30. The van der Waals surface area contributed by atoms with Crippen LogP contribution in [0.15, 0.2) is 29.4 Å². The van der Waals surface area contributed by atoms with E-state index in [0.29, 0.717) is 5.92 Å². The van der Waals surface area contributed by atoms with Gasteiger partial charge in [-0.15, -0.1) is 0 Å². The molecule has 2 rings (SSSR count). The third kappa shape index (κ3) is 4.04. The molecule has 122 valence electrons. The summed E-state index contributed by atoms with van der Waals surface area (Å²) in [5.41, 5.74) is 0. The molecule has 1 aromatic heterocycles. The van der Waals surface area contributed by atoms with Gasteiger partial charge in [-0.25, -0.2) is 8.42 Å². The van der Waals surface area contributed by atoms with E-state index in [1.807, 2.05) is 0 Å². The molecule has 1 saturated carbocycles. The molecular formula is C15H23N3O3S. The van der Waals surface area contributed by atoms with Crippen molar-refractivity contribution in [1.82, 2.24) is 14.6 Å². The van der Waals surface area contributed by atoms with Crippen molar-refractivity contribution in [1.29, 1.82) is 0 Å². The summed E-state index contributed by atoms with van der Waals surface area (Å²) in [6.45, 7) is 1.95. The maximum atomic E-state index is 12.3. The molecule has 0 radical (unpaired) electrons. The summed E-state index contributed by atoms with van der Waals surface area (Å²) in [4.78, 5) is 16.0. The van der Waals surface area contributed by atoms with Crippen LogP contribution in [0.5, 0.6) is 0 Å². The average Bonchev–Trinajstić information content (AvgIpc) is 2.50. The van der Waals surface area contributed by atoms with E-state index in [2.05, 4.69) is 17.2 Å². The Morgan fingerprint density at radius 1 is 1.41 bits per heavy atom. The maximum absolute atomic E-state index is 12.3. The monoisotopic (exact) mass is 325 g/mol. The molecule has 1 aromatic rings. The molecule has 0 aromatic carbocycles. The molecule has 0 saturated heterocycles. The molecule has 0 aliphatic heterocycles. The summed E-state index contributed by atoms with van der Waals surface area (Å²) in [6.07, 6.45) is 7.17. The van der Waals surface area contributed by atoms with Gasteiger partial charge in [-0.05, 0) is 30.9 Å². The lowest BCUT2D eigenvalue weighted by atomic mass is 9.86. The second-order valence-electron chi connectivity index (χ2n) is 5.89. The Bertz CT molecular complexity index is 604. The van der Waals surface area contributed by atoms with Crippen LogP contribution in [0, 0.1) is 5.92 Å². The van der Waals surface area contributed by atoms with Crippen LogP contribution in [0.3, 0.4) is 0 Å². The van der Waals surface area contributed by atoms with E-state index in [4.69, 9.17) is 0 Å². The molecule has 1 amide bonds. The minimum Gasteiger partial charge on any atom is -0.352 e. The lowest BCUT2D eigenvalue weighted by molar-refractivity contribution is -0.122. The summed E-state index contributed by atoms with van der Waals surface area (Å²) in [6, 6.07) is 3.18. The lowest BCUT2D eigenvalue weighted by Crippen LogP contribution is -2.46. The molecule has 22 heavy (non-hydrogen) atoms. The summed E-state index contributed by atoms with van der Waals surface area (Å²) in [7, 11) is -2.27. The highest BCUT2D eigenvalue weighted by Gasteiger charge is 2.26. The zero-order valence-electron chi connectivity index (χ0n) is 13.0. The number of sulfonamides is 1. The number of carbonyl (C=O) groups is 1. The van der Waals surface area contributed by atoms with E-state index >= 15 is 0 Å². The molecule has 6 nitrogen and oxygen atoms in total. The maximum Gasteiger partial charge on any atom is 0.244 e. The highest BCUT2D eigenvalue weighted by molar-refractivity contribution is 7.89. The van der Waals surface area contributed by atoms with Gasteiger partial charge in [0.25, 0.3) is 0 Å². The van der Waals surface area contributed by atoms with Gasteiger partial charge in [0, 0.05) is 25.5 Å². The summed E-state index contributed by atoms with van der Waals surface area (Å²) in [5, 5.41) is 2.96. The van der Waals surface area contributed by atoms with Crippen LogP contribution in [-0.2, 0) is 14.8 Å². The Morgan fingerprint density at radius 2 is 2.14 bits per heavy atom. The van der Waals surface area contributed by atoms with E-state index in [0.717, 1.165) is 23.6 Å². The number of nitrogens with one attached hydrogen (secondary N) is 1. The molecule has 1 aliphatic carbocycles. The van der Waals surface area contributed by atoms with Crippen molar-refractivity contribution in [2.75, 3.05) is 13.6 Å². The predicted octanol–water partition coefficient (Wildman–Crippen LogP) is 1.40. The number of amides is 1. The topological polar surface area (TPSA) is 79.4 Å².